The highest BCUT2D eigenvalue weighted by atomic mass is 79.9. The number of pyridine rings is 1. The first-order chi connectivity index (χ1) is 9.95. The molecule has 2 rings (SSSR count). The van der Waals surface area contributed by atoms with E-state index in [4.69, 9.17) is 23.2 Å². The molecule has 0 unspecified atom stereocenters. The number of carbonyl (C=O) groups is 1. The Morgan fingerprint density at radius 3 is 2.76 bits per heavy atom. The molecular weight excluding hydrogens is 377 g/mol. The van der Waals surface area contributed by atoms with E-state index < -0.39 is 0 Å². The molecule has 110 valence electrons. The average Bonchev–Trinajstić information content (AvgIpc) is 2.42. The summed E-state index contributed by atoms with van der Waals surface area (Å²) < 4.78 is 0.751. The van der Waals surface area contributed by atoms with Gasteiger partial charge in [0.2, 0.25) is 0 Å². The minimum atomic E-state index is -0.329. The lowest BCUT2D eigenvalue weighted by Crippen LogP contribution is -2.28. The zero-order chi connectivity index (χ0) is 15.4. The number of halogens is 3. The van der Waals surface area contributed by atoms with Gasteiger partial charge in [0.05, 0.1) is 11.9 Å². The van der Waals surface area contributed by atoms with Gasteiger partial charge < -0.3 is 10.6 Å². The number of rotatable bonds is 3. The van der Waals surface area contributed by atoms with Crippen LogP contribution in [-0.4, -0.2) is 11.0 Å². The van der Waals surface area contributed by atoms with Gasteiger partial charge in [-0.25, -0.2) is 9.78 Å². The maximum absolute atomic E-state index is 11.8. The van der Waals surface area contributed by atoms with Gasteiger partial charge in [0.15, 0.2) is 0 Å². The Morgan fingerprint density at radius 2 is 2.10 bits per heavy atom. The fraction of sp³-hybridized carbons (Fsp3) is 0.143. The first kappa shape index (κ1) is 16.1. The topological polar surface area (TPSA) is 54.0 Å². The van der Waals surface area contributed by atoms with Crippen LogP contribution in [-0.2, 0) is 6.54 Å². The van der Waals surface area contributed by atoms with Gasteiger partial charge in [-0.3, -0.25) is 0 Å². The van der Waals surface area contributed by atoms with Crippen molar-refractivity contribution in [1.82, 2.24) is 10.3 Å². The number of amides is 2. The van der Waals surface area contributed by atoms with Crippen LogP contribution in [0, 0.1) is 6.92 Å². The number of benzene rings is 1. The van der Waals surface area contributed by atoms with Crippen LogP contribution in [0.3, 0.4) is 0 Å². The number of hydrogen-bond donors (Lipinski definition) is 2. The Balaban J connectivity index is 1.94. The summed E-state index contributed by atoms with van der Waals surface area (Å²) in [5.41, 5.74) is 2.35. The van der Waals surface area contributed by atoms with Crippen molar-refractivity contribution in [2.45, 2.75) is 13.5 Å². The van der Waals surface area contributed by atoms with Gasteiger partial charge >= 0.3 is 6.03 Å². The van der Waals surface area contributed by atoms with Crippen molar-refractivity contribution in [3.63, 3.8) is 0 Å². The summed E-state index contributed by atoms with van der Waals surface area (Å²) in [6.07, 6.45) is 1.58. The third kappa shape index (κ3) is 4.59. The number of nitrogens with zero attached hydrogens (tertiary/aromatic N) is 1. The molecule has 1 aromatic heterocycles. The van der Waals surface area contributed by atoms with E-state index in [0.717, 1.165) is 15.7 Å². The summed E-state index contributed by atoms with van der Waals surface area (Å²) >= 11 is 15.2. The van der Waals surface area contributed by atoms with Gasteiger partial charge in [-0.05, 0) is 52.2 Å². The molecule has 7 heteroatoms. The second-order valence-corrected chi connectivity index (χ2v) is 5.97. The van der Waals surface area contributed by atoms with Gasteiger partial charge in [0.1, 0.15) is 4.60 Å². The highest BCUT2D eigenvalue weighted by molar-refractivity contribution is 9.10. The van der Waals surface area contributed by atoms with Crippen molar-refractivity contribution in [3.8, 4) is 0 Å². The largest absolute Gasteiger partial charge is 0.334 e. The quantitative estimate of drug-likeness (QED) is 0.743. The van der Waals surface area contributed by atoms with Crippen molar-refractivity contribution >= 4 is 50.9 Å². The molecular formula is C14H12BrCl2N3O. The summed E-state index contributed by atoms with van der Waals surface area (Å²) in [5.74, 6) is 0. The van der Waals surface area contributed by atoms with E-state index in [1.54, 1.807) is 24.4 Å². The third-order valence-corrected chi connectivity index (χ3v) is 4.14. The predicted molar refractivity (Wildman–Crippen MR) is 89.0 cm³/mol. The molecule has 2 amide bonds. The zero-order valence-electron chi connectivity index (χ0n) is 11.1. The maximum atomic E-state index is 11.8. The number of carbonyl (C=O) groups excluding carboxylic acids is 1. The molecule has 0 saturated heterocycles. The van der Waals surface area contributed by atoms with Crippen molar-refractivity contribution in [3.05, 3.63) is 56.2 Å². The fourth-order valence-electron chi connectivity index (χ4n) is 1.64. The van der Waals surface area contributed by atoms with E-state index in [0.29, 0.717) is 22.3 Å². The Hall–Kier alpha value is -1.30. The summed E-state index contributed by atoms with van der Waals surface area (Å²) in [6.45, 7) is 2.21. The number of aromatic nitrogens is 1. The van der Waals surface area contributed by atoms with Crippen LogP contribution in [0.1, 0.15) is 11.1 Å². The van der Waals surface area contributed by atoms with Gasteiger partial charge in [0.25, 0.3) is 0 Å². The van der Waals surface area contributed by atoms with Crippen LogP contribution in [0.2, 0.25) is 10.0 Å². The van der Waals surface area contributed by atoms with E-state index in [1.807, 2.05) is 13.0 Å². The van der Waals surface area contributed by atoms with Crippen molar-refractivity contribution in [2.24, 2.45) is 0 Å². The summed E-state index contributed by atoms with van der Waals surface area (Å²) in [7, 11) is 0. The highest BCUT2D eigenvalue weighted by Gasteiger charge is 2.06. The lowest BCUT2D eigenvalue weighted by Gasteiger charge is -2.09. The molecule has 0 bridgehead atoms. The number of nitrogens with one attached hydrogen (secondary N) is 2. The third-order valence-electron chi connectivity index (χ3n) is 2.73. The summed E-state index contributed by atoms with van der Waals surface area (Å²) in [6, 6.07) is 6.64. The monoisotopic (exact) mass is 387 g/mol. The molecule has 2 aromatic rings. The molecule has 1 heterocycles. The van der Waals surface area contributed by atoms with Gasteiger partial charge in [-0.15, -0.1) is 0 Å². The van der Waals surface area contributed by atoms with Gasteiger partial charge in [0, 0.05) is 16.6 Å². The van der Waals surface area contributed by atoms with Crippen LogP contribution in [0.4, 0.5) is 10.5 Å². The lowest BCUT2D eigenvalue weighted by molar-refractivity contribution is 0.251. The minimum absolute atomic E-state index is 0.310. The van der Waals surface area contributed by atoms with Crippen LogP contribution in [0.5, 0.6) is 0 Å². The Labute approximate surface area is 141 Å². The van der Waals surface area contributed by atoms with Crippen LogP contribution < -0.4 is 10.6 Å². The van der Waals surface area contributed by atoms with E-state index in [1.165, 1.54) is 0 Å². The lowest BCUT2D eigenvalue weighted by atomic mass is 10.2. The molecule has 1 aromatic carbocycles. The molecule has 0 spiro atoms. The van der Waals surface area contributed by atoms with Crippen LogP contribution >= 0.6 is 39.1 Å². The van der Waals surface area contributed by atoms with Crippen molar-refractivity contribution < 1.29 is 4.79 Å². The Morgan fingerprint density at radius 1 is 1.33 bits per heavy atom. The molecule has 0 fully saturated rings. The number of urea groups is 1. The molecule has 2 N–H and O–H groups in total. The molecule has 0 atom stereocenters. The standard InChI is InChI=1S/C14H12BrCl2N3O/c1-8-4-11(7-18-13(8)15)20-14(21)19-6-9-2-3-10(16)5-12(9)17/h2-5,7H,6H2,1H3,(H2,19,20,21). The SMILES string of the molecule is Cc1cc(NC(=O)NCc2ccc(Cl)cc2Cl)cnc1Br. The predicted octanol–water partition coefficient (Wildman–Crippen LogP) is 4.78. The summed E-state index contributed by atoms with van der Waals surface area (Å²) in [5, 5.41) is 6.51. The molecule has 0 aliphatic heterocycles. The second kappa shape index (κ2) is 7.11. The summed E-state index contributed by atoms with van der Waals surface area (Å²) in [4.78, 5) is 15.9. The highest BCUT2D eigenvalue weighted by Crippen LogP contribution is 2.21. The Kier molecular flexibility index (Phi) is 5.45. The van der Waals surface area contributed by atoms with Crippen LogP contribution in [0.25, 0.3) is 0 Å². The fourth-order valence-corrected chi connectivity index (χ4v) is 2.33. The minimum Gasteiger partial charge on any atom is -0.334 e. The first-order valence-electron chi connectivity index (χ1n) is 6.06. The maximum Gasteiger partial charge on any atom is 0.319 e. The molecule has 21 heavy (non-hydrogen) atoms. The van der Waals surface area contributed by atoms with E-state index >= 15 is 0 Å². The smallest absolute Gasteiger partial charge is 0.319 e. The van der Waals surface area contributed by atoms with Crippen molar-refractivity contribution in [2.75, 3.05) is 5.32 Å². The van der Waals surface area contributed by atoms with Crippen molar-refractivity contribution in [1.29, 1.82) is 0 Å². The van der Waals surface area contributed by atoms with E-state index in [9.17, 15) is 4.79 Å². The number of hydrogen-bond acceptors (Lipinski definition) is 2. The molecule has 0 aliphatic rings. The first-order valence-corrected chi connectivity index (χ1v) is 7.61. The van der Waals surface area contributed by atoms with Gasteiger partial charge in [-0.2, -0.15) is 0 Å². The number of aryl methyl sites for hydroxylation is 1. The molecule has 0 aliphatic carbocycles. The van der Waals surface area contributed by atoms with E-state index in [-0.39, 0.29) is 6.03 Å². The zero-order valence-corrected chi connectivity index (χ0v) is 14.2. The number of anilines is 1. The van der Waals surface area contributed by atoms with E-state index in [2.05, 4.69) is 31.5 Å². The Bertz CT molecular complexity index is 679. The van der Waals surface area contributed by atoms with Gasteiger partial charge in [-0.1, -0.05) is 29.3 Å². The molecule has 0 radical (unpaired) electrons. The second-order valence-electron chi connectivity index (χ2n) is 4.38. The molecule has 4 nitrogen and oxygen atoms in total. The normalized spacial score (nSPS) is 10.3. The van der Waals surface area contributed by atoms with Crippen LogP contribution in [0.15, 0.2) is 35.1 Å². The average molecular weight is 389 g/mol. The molecule has 0 saturated carbocycles.